The fourth-order valence-corrected chi connectivity index (χ4v) is 3.58. The number of amides is 1. The van der Waals surface area contributed by atoms with Crippen molar-refractivity contribution in [3.05, 3.63) is 23.8 Å². The monoisotopic (exact) mass is 333 g/mol. The number of hydrogen-bond donors (Lipinski definition) is 0. The van der Waals surface area contributed by atoms with Crippen LogP contribution in [-0.4, -0.2) is 56.5 Å². The minimum Gasteiger partial charge on any atom is -0.490 e. The average Bonchev–Trinajstić information content (AvgIpc) is 3.00. The van der Waals surface area contributed by atoms with Gasteiger partial charge in [-0.3, -0.25) is 4.79 Å². The van der Waals surface area contributed by atoms with Gasteiger partial charge in [0.05, 0.1) is 39.1 Å². The first-order chi connectivity index (χ1) is 11.8. The van der Waals surface area contributed by atoms with E-state index < -0.39 is 6.10 Å². The molecule has 0 radical (unpaired) electrons. The molecule has 3 heterocycles. The molecule has 2 fully saturated rings. The summed E-state index contributed by atoms with van der Waals surface area (Å²) >= 11 is 0. The maximum atomic E-state index is 12.8. The van der Waals surface area contributed by atoms with Gasteiger partial charge in [0.25, 0.3) is 5.91 Å². The van der Waals surface area contributed by atoms with Crippen LogP contribution in [0.1, 0.15) is 30.9 Å². The average molecular weight is 333 g/mol. The highest BCUT2D eigenvalue weighted by molar-refractivity contribution is 5.82. The number of benzene rings is 1. The van der Waals surface area contributed by atoms with Crippen LogP contribution in [-0.2, 0) is 14.3 Å². The van der Waals surface area contributed by atoms with Crippen LogP contribution in [0.5, 0.6) is 11.5 Å². The first kappa shape index (κ1) is 15.7. The van der Waals surface area contributed by atoms with Crippen LogP contribution in [0.2, 0.25) is 0 Å². The second-order valence-electron chi connectivity index (χ2n) is 6.38. The first-order valence-electron chi connectivity index (χ1n) is 8.72. The number of ether oxygens (including phenoxy) is 4. The summed E-state index contributed by atoms with van der Waals surface area (Å²) in [5, 5.41) is 0. The Labute approximate surface area is 141 Å². The highest BCUT2D eigenvalue weighted by Gasteiger charge is 2.35. The quantitative estimate of drug-likeness (QED) is 0.828. The summed E-state index contributed by atoms with van der Waals surface area (Å²) in [7, 11) is 0. The number of rotatable bonds is 2. The lowest BCUT2D eigenvalue weighted by atomic mass is 10.0. The van der Waals surface area contributed by atoms with E-state index in [1.165, 1.54) is 0 Å². The predicted molar refractivity (Wildman–Crippen MR) is 86.3 cm³/mol. The molecule has 0 unspecified atom stereocenters. The van der Waals surface area contributed by atoms with Crippen molar-refractivity contribution >= 4 is 5.91 Å². The van der Waals surface area contributed by atoms with Gasteiger partial charge >= 0.3 is 0 Å². The first-order valence-corrected chi connectivity index (χ1v) is 8.72. The second kappa shape index (κ2) is 6.99. The molecule has 3 aliphatic heterocycles. The summed E-state index contributed by atoms with van der Waals surface area (Å²) in [6.07, 6.45) is 2.37. The molecule has 1 amide bonds. The molecule has 0 N–H and O–H groups in total. The van der Waals surface area contributed by atoms with E-state index in [1.807, 2.05) is 23.1 Å². The van der Waals surface area contributed by atoms with Crippen LogP contribution >= 0.6 is 0 Å². The zero-order chi connectivity index (χ0) is 16.4. The summed E-state index contributed by atoms with van der Waals surface area (Å²) in [6, 6.07) is 6.09. The van der Waals surface area contributed by atoms with E-state index in [0.29, 0.717) is 33.0 Å². The number of carbonyl (C=O) groups is 1. The predicted octanol–water partition coefficient (Wildman–Crippen LogP) is 1.93. The van der Waals surface area contributed by atoms with Crippen LogP contribution in [0, 0.1) is 0 Å². The zero-order valence-corrected chi connectivity index (χ0v) is 13.7. The lowest BCUT2D eigenvalue weighted by molar-refractivity contribution is -0.158. The molecule has 2 atom stereocenters. The fourth-order valence-electron chi connectivity index (χ4n) is 3.58. The van der Waals surface area contributed by atoms with Crippen LogP contribution in [0.25, 0.3) is 0 Å². The molecule has 0 bridgehead atoms. The van der Waals surface area contributed by atoms with Crippen LogP contribution in [0.4, 0.5) is 0 Å². The molecule has 6 nitrogen and oxygen atoms in total. The van der Waals surface area contributed by atoms with Gasteiger partial charge in [-0.15, -0.1) is 0 Å². The molecule has 0 aromatic heterocycles. The molecule has 4 rings (SSSR count). The molecule has 130 valence electrons. The Morgan fingerprint density at radius 2 is 1.92 bits per heavy atom. The Morgan fingerprint density at radius 1 is 1.04 bits per heavy atom. The topological polar surface area (TPSA) is 57.2 Å². The molecular formula is C18H23NO5. The van der Waals surface area contributed by atoms with Gasteiger partial charge in [0.1, 0.15) is 0 Å². The van der Waals surface area contributed by atoms with E-state index in [4.69, 9.17) is 18.9 Å². The van der Waals surface area contributed by atoms with Crippen LogP contribution in [0.15, 0.2) is 18.2 Å². The lowest BCUT2D eigenvalue weighted by Crippen LogP contribution is -2.45. The molecule has 1 aromatic carbocycles. The van der Waals surface area contributed by atoms with Gasteiger partial charge in [-0.2, -0.15) is 0 Å². The third kappa shape index (κ3) is 3.08. The number of nitrogens with zero attached hydrogens (tertiary/aromatic N) is 1. The molecule has 2 saturated heterocycles. The van der Waals surface area contributed by atoms with Crippen molar-refractivity contribution in [1.29, 1.82) is 0 Å². The van der Waals surface area contributed by atoms with Gasteiger partial charge in [0.2, 0.25) is 0 Å². The van der Waals surface area contributed by atoms with E-state index in [-0.39, 0.29) is 11.9 Å². The molecule has 0 aliphatic carbocycles. The van der Waals surface area contributed by atoms with E-state index in [9.17, 15) is 4.79 Å². The van der Waals surface area contributed by atoms with Crippen molar-refractivity contribution in [1.82, 2.24) is 4.90 Å². The molecule has 0 spiro atoms. The Balaban J connectivity index is 1.54. The standard InChI is InChI=1S/C18H23NO5/c20-18(17-12-21-9-10-24-17)19-6-1-3-14(19)13-4-5-15-16(11-13)23-8-2-7-22-15/h4-5,11,14,17H,1-3,6-10,12H2/t14-,17-/m1/s1. The normalized spacial score (nSPS) is 26.9. The van der Waals surface area contributed by atoms with Gasteiger partial charge in [-0.05, 0) is 30.5 Å². The molecule has 0 saturated carbocycles. The second-order valence-corrected chi connectivity index (χ2v) is 6.38. The number of carbonyl (C=O) groups excluding carboxylic acids is 1. The van der Waals surface area contributed by atoms with Crippen LogP contribution in [0.3, 0.4) is 0 Å². The highest BCUT2D eigenvalue weighted by Crippen LogP contribution is 2.38. The molecule has 6 heteroatoms. The number of hydrogen-bond acceptors (Lipinski definition) is 5. The van der Waals surface area contributed by atoms with E-state index in [1.54, 1.807) is 0 Å². The SMILES string of the molecule is O=C([C@H]1COCCO1)N1CCC[C@@H]1c1ccc2c(c1)OCCCO2. The maximum Gasteiger partial charge on any atom is 0.254 e. The Bertz CT molecular complexity index is 599. The van der Waals surface area contributed by atoms with Crippen molar-refractivity contribution in [2.45, 2.75) is 31.4 Å². The zero-order valence-electron chi connectivity index (χ0n) is 13.7. The van der Waals surface area contributed by atoms with Gasteiger partial charge in [0.15, 0.2) is 17.6 Å². The molecule has 3 aliphatic rings. The van der Waals surface area contributed by atoms with E-state index in [0.717, 1.165) is 42.9 Å². The Kier molecular flexibility index (Phi) is 4.58. The van der Waals surface area contributed by atoms with Gasteiger partial charge in [-0.1, -0.05) is 6.07 Å². The number of fused-ring (bicyclic) bond motifs is 1. The Hall–Kier alpha value is -1.79. The van der Waals surface area contributed by atoms with Crippen molar-refractivity contribution < 1.29 is 23.7 Å². The van der Waals surface area contributed by atoms with Gasteiger partial charge < -0.3 is 23.8 Å². The summed E-state index contributed by atoms with van der Waals surface area (Å²) in [5.74, 6) is 1.60. The minimum absolute atomic E-state index is 0.0318. The van der Waals surface area contributed by atoms with E-state index >= 15 is 0 Å². The van der Waals surface area contributed by atoms with Crippen molar-refractivity contribution in [3.63, 3.8) is 0 Å². The van der Waals surface area contributed by atoms with Crippen molar-refractivity contribution in [2.75, 3.05) is 39.6 Å². The van der Waals surface area contributed by atoms with E-state index in [2.05, 4.69) is 0 Å². The summed E-state index contributed by atoms with van der Waals surface area (Å²) in [4.78, 5) is 14.7. The highest BCUT2D eigenvalue weighted by atomic mass is 16.6. The third-order valence-corrected chi connectivity index (χ3v) is 4.78. The summed E-state index contributed by atoms with van der Waals surface area (Å²) in [5.41, 5.74) is 1.10. The molecule has 1 aromatic rings. The third-order valence-electron chi connectivity index (χ3n) is 4.78. The minimum atomic E-state index is -0.472. The summed E-state index contributed by atoms with van der Waals surface area (Å²) in [6.45, 7) is 3.51. The summed E-state index contributed by atoms with van der Waals surface area (Å²) < 4.78 is 22.4. The Morgan fingerprint density at radius 3 is 2.75 bits per heavy atom. The lowest BCUT2D eigenvalue weighted by Gasteiger charge is -2.31. The van der Waals surface area contributed by atoms with Gasteiger partial charge in [-0.25, -0.2) is 0 Å². The number of likely N-dealkylation sites (tertiary alicyclic amines) is 1. The smallest absolute Gasteiger partial charge is 0.254 e. The molecular weight excluding hydrogens is 310 g/mol. The molecule has 24 heavy (non-hydrogen) atoms. The van der Waals surface area contributed by atoms with Crippen molar-refractivity contribution in [3.8, 4) is 11.5 Å². The maximum absolute atomic E-state index is 12.8. The fraction of sp³-hybridized carbons (Fsp3) is 0.611. The van der Waals surface area contributed by atoms with Crippen molar-refractivity contribution in [2.24, 2.45) is 0 Å². The van der Waals surface area contributed by atoms with Crippen LogP contribution < -0.4 is 9.47 Å². The van der Waals surface area contributed by atoms with Gasteiger partial charge in [0, 0.05) is 13.0 Å². The largest absolute Gasteiger partial charge is 0.490 e.